The van der Waals surface area contributed by atoms with Crippen LogP contribution < -0.4 is 0 Å². The number of aromatic nitrogens is 1. The van der Waals surface area contributed by atoms with Gasteiger partial charge in [-0.3, -0.25) is 9.69 Å². The number of carboxylic acid groups (broad SMARTS) is 1. The number of hydrogen-bond donors (Lipinski definition) is 1. The van der Waals surface area contributed by atoms with Gasteiger partial charge in [-0.15, -0.1) is 11.3 Å². The highest BCUT2D eigenvalue weighted by Gasteiger charge is 2.27. The van der Waals surface area contributed by atoms with Gasteiger partial charge in [0.05, 0.1) is 10.7 Å². The molecule has 1 N–H and O–H groups in total. The third-order valence-corrected chi connectivity index (χ3v) is 4.56. The molecule has 4 nitrogen and oxygen atoms in total. The molecule has 1 aliphatic rings. The lowest BCUT2D eigenvalue weighted by atomic mass is 10.1. The van der Waals surface area contributed by atoms with E-state index in [0.717, 1.165) is 19.5 Å². The zero-order chi connectivity index (χ0) is 12.6. The Morgan fingerprint density at radius 3 is 2.76 bits per heavy atom. The van der Waals surface area contributed by atoms with Crippen LogP contribution in [0.15, 0.2) is 0 Å². The predicted molar refractivity (Wildman–Crippen MR) is 67.4 cm³/mol. The van der Waals surface area contributed by atoms with E-state index in [-0.39, 0.29) is 0 Å². The van der Waals surface area contributed by atoms with Gasteiger partial charge in [0, 0.05) is 30.3 Å². The number of fused-ring (bicyclic) bond motifs is 1. The molecule has 2 rings (SSSR count). The topological polar surface area (TPSA) is 53.4 Å². The Kier molecular flexibility index (Phi) is 3.49. The molecule has 0 aromatic carbocycles. The number of nitrogens with zero attached hydrogens (tertiary/aromatic N) is 2. The summed E-state index contributed by atoms with van der Waals surface area (Å²) in [6.45, 7) is 7.55. The summed E-state index contributed by atoms with van der Waals surface area (Å²) in [7, 11) is 0. The summed E-state index contributed by atoms with van der Waals surface area (Å²) < 4.78 is 0. The van der Waals surface area contributed by atoms with Crippen molar-refractivity contribution in [3.63, 3.8) is 0 Å². The average Bonchev–Trinajstić information content (AvgIpc) is 2.70. The van der Waals surface area contributed by atoms with Crippen LogP contribution in [0, 0.1) is 0 Å². The largest absolute Gasteiger partial charge is 0.480 e. The highest BCUT2D eigenvalue weighted by Crippen LogP contribution is 2.29. The maximum Gasteiger partial charge on any atom is 0.320 e. The van der Waals surface area contributed by atoms with Gasteiger partial charge in [-0.05, 0) is 6.92 Å². The quantitative estimate of drug-likeness (QED) is 0.897. The molecule has 1 aromatic rings. The van der Waals surface area contributed by atoms with E-state index in [1.165, 1.54) is 15.6 Å². The van der Waals surface area contributed by atoms with Gasteiger partial charge in [0.2, 0.25) is 0 Å². The van der Waals surface area contributed by atoms with E-state index in [4.69, 9.17) is 5.11 Å². The van der Waals surface area contributed by atoms with E-state index in [1.807, 2.05) is 4.90 Å². The molecule has 1 aromatic heterocycles. The molecule has 0 saturated carbocycles. The molecule has 0 spiro atoms. The van der Waals surface area contributed by atoms with Crippen LogP contribution in [0.5, 0.6) is 0 Å². The number of carbonyl (C=O) groups is 1. The Hall–Kier alpha value is -0.940. The van der Waals surface area contributed by atoms with Crippen LogP contribution in [0.1, 0.15) is 42.3 Å². The van der Waals surface area contributed by atoms with Crippen LogP contribution in [0.25, 0.3) is 0 Å². The molecule has 0 amide bonds. The third kappa shape index (κ3) is 2.50. The van der Waals surface area contributed by atoms with Crippen LogP contribution in [0.3, 0.4) is 0 Å². The van der Waals surface area contributed by atoms with Crippen LogP contribution in [-0.4, -0.2) is 33.5 Å². The number of rotatable bonds is 3. The molecule has 5 heteroatoms. The van der Waals surface area contributed by atoms with Crippen molar-refractivity contribution in [3.05, 3.63) is 15.6 Å². The Labute approximate surface area is 105 Å². The lowest BCUT2D eigenvalue weighted by Gasteiger charge is -2.29. The van der Waals surface area contributed by atoms with Crippen LogP contribution in [-0.2, 0) is 17.8 Å². The second-order valence-corrected chi connectivity index (χ2v) is 5.93. The Balaban J connectivity index is 2.16. The molecular weight excluding hydrogens is 236 g/mol. The van der Waals surface area contributed by atoms with E-state index in [9.17, 15) is 4.79 Å². The van der Waals surface area contributed by atoms with Crippen molar-refractivity contribution in [3.8, 4) is 0 Å². The molecule has 2 heterocycles. The first-order valence-electron chi connectivity index (χ1n) is 5.94. The minimum absolute atomic E-state index is 0.409. The monoisotopic (exact) mass is 254 g/mol. The van der Waals surface area contributed by atoms with Crippen molar-refractivity contribution >= 4 is 17.3 Å². The van der Waals surface area contributed by atoms with Gasteiger partial charge in [-0.2, -0.15) is 0 Å². The smallest absolute Gasteiger partial charge is 0.320 e. The standard InChI is InChI=1S/C12H18N2O2S/c1-7(2)11-13-9-4-5-14(6-10(9)17-11)8(3)12(15)16/h7-8H,4-6H2,1-3H3,(H,15,16). The first-order chi connectivity index (χ1) is 7.99. The predicted octanol–water partition coefficient (Wildman–Crippen LogP) is 2.10. The van der Waals surface area contributed by atoms with Gasteiger partial charge >= 0.3 is 5.97 Å². The molecule has 1 unspecified atom stereocenters. The Morgan fingerprint density at radius 1 is 1.47 bits per heavy atom. The molecule has 0 radical (unpaired) electrons. The van der Waals surface area contributed by atoms with E-state index in [2.05, 4.69) is 18.8 Å². The second-order valence-electron chi connectivity index (χ2n) is 4.81. The normalized spacial score (nSPS) is 18.1. The molecule has 94 valence electrons. The molecule has 0 saturated heterocycles. The van der Waals surface area contributed by atoms with Crippen molar-refractivity contribution < 1.29 is 9.90 Å². The number of thiazole rings is 1. The molecule has 0 aliphatic carbocycles. The number of carboxylic acids is 1. The highest BCUT2D eigenvalue weighted by molar-refractivity contribution is 7.11. The number of aliphatic carboxylic acids is 1. The van der Waals surface area contributed by atoms with E-state index in [1.54, 1.807) is 18.3 Å². The Morgan fingerprint density at radius 2 is 2.18 bits per heavy atom. The molecular formula is C12H18N2O2S. The number of hydrogen-bond acceptors (Lipinski definition) is 4. The van der Waals surface area contributed by atoms with E-state index in [0.29, 0.717) is 5.92 Å². The van der Waals surface area contributed by atoms with Gasteiger partial charge in [-0.25, -0.2) is 4.98 Å². The van der Waals surface area contributed by atoms with Gasteiger partial charge in [0.25, 0.3) is 0 Å². The molecule has 17 heavy (non-hydrogen) atoms. The average molecular weight is 254 g/mol. The highest BCUT2D eigenvalue weighted by atomic mass is 32.1. The SMILES string of the molecule is CC(C)c1nc2c(s1)CN(C(C)C(=O)O)CC2. The fraction of sp³-hybridized carbons (Fsp3) is 0.667. The molecule has 0 fully saturated rings. The maximum atomic E-state index is 11.0. The van der Waals surface area contributed by atoms with Crippen molar-refractivity contribution in [1.82, 2.24) is 9.88 Å². The molecule has 1 aliphatic heterocycles. The van der Waals surface area contributed by atoms with Crippen LogP contribution in [0.4, 0.5) is 0 Å². The van der Waals surface area contributed by atoms with Gasteiger partial charge in [0.15, 0.2) is 0 Å². The molecule has 0 bridgehead atoms. The second kappa shape index (κ2) is 4.74. The van der Waals surface area contributed by atoms with Gasteiger partial charge < -0.3 is 5.11 Å². The summed E-state index contributed by atoms with van der Waals surface area (Å²) >= 11 is 1.73. The first-order valence-corrected chi connectivity index (χ1v) is 6.76. The van der Waals surface area contributed by atoms with E-state index >= 15 is 0 Å². The summed E-state index contributed by atoms with van der Waals surface area (Å²) in [5, 5.41) is 10.2. The lowest BCUT2D eigenvalue weighted by Crippen LogP contribution is -2.41. The Bertz CT molecular complexity index is 428. The van der Waals surface area contributed by atoms with Crippen molar-refractivity contribution in [2.45, 2.75) is 45.7 Å². The van der Waals surface area contributed by atoms with Gasteiger partial charge in [-0.1, -0.05) is 13.8 Å². The summed E-state index contributed by atoms with van der Waals surface area (Å²) in [6.07, 6.45) is 0.871. The zero-order valence-electron chi connectivity index (χ0n) is 10.4. The lowest BCUT2D eigenvalue weighted by molar-refractivity contribution is -0.142. The van der Waals surface area contributed by atoms with Gasteiger partial charge in [0.1, 0.15) is 6.04 Å². The maximum absolute atomic E-state index is 11.0. The summed E-state index contributed by atoms with van der Waals surface area (Å²) in [5.41, 5.74) is 1.17. The molecule has 1 atom stereocenters. The van der Waals surface area contributed by atoms with Crippen molar-refractivity contribution in [1.29, 1.82) is 0 Å². The third-order valence-electron chi connectivity index (χ3n) is 3.18. The summed E-state index contributed by atoms with van der Waals surface area (Å²) in [6, 6.07) is -0.409. The zero-order valence-corrected chi connectivity index (χ0v) is 11.3. The fourth-order valence-corrected chi connectivity index (χ4v) is 3.11. The minimum Gasteiger partial charge on any atom is -0.480 e. The minimum atomic E-state index is -0.748. The van der Waals surface area contributed by atoms with Crippen LogP contribution in [0.2, 0.25) is 0 Å². The van der Waals surface area contributed by atoms with E-state index < -0.39 is 12.0 Å². The summed E-state index contributed by atoms with van der Waals surface area (Å²) in [5.74, 6) is -0.294. The van der Waals surface area contributed by atoms with Crippen molar-refractivity contribution in [2.75, 3.05) is 6.54 Å². The van der Waals surface area contributed by atoms with Crippen LogP contribution >= 0.6 is 11.3 Å². The summed E-state index contributed by atoms with van der Waals surface area (Å²) in [4.78, 5) is 18.9. The fourth-order valence-electron chi connectivity index (χ4n) is 1.97. The van der Waals surface area contributed by atoms with Crippen molar-refractivity contribution in [2.24, 2.45) is 0 Å². The first kappa shape index (κ1) is 12.5.